The molecular formula is C29H29Br2N3O5. The number of nitrogens with two attached hydrogens (primary N) is 1. The summed E-state index contributed by atoms with van der Waals surface area (Å²) < 4.78 is 6.83. The SMILES string of the molecule is CC(C)(CC/C=C/C(=O)Nc1ccccc1N)[C@H](OC(=O)NC(=O)c1ccccc1)c1cc(Br)cc(Br)c1O. The van der Waals surface area contributed by atoms with Crippen LogP contribution in [0.1, 0.15) is 48.7 Å². The summed E-state index contributed by atoms with van der Waals surface area (Å²) in [6.45, 7) is 3.74. The van der Waals surface area contributed by atoms with E-state index in [1.54, 1.807) is 72.8 Å². The van der Waals surface area contributed by atoms with Gasteiger partial charge in [-0.05, 0) is 71.2 Å². The van der Waals surface area contributed by atoms with Crippen molar-refractivity contribution in [2.45, 2.75) is 32.8 Å². The second-order valence-corrected chi connectivity index (χ2v) is 11.2. The molecule has 0 heterocycles. The van der Waals surface area contributed by atoms with Gasteiger partial charge in [0.05, 0.1) is 15.8 Å². The van der Waals surface area contributed by atoms with Crippen molar-refractivity contribution in [2.75, 3.05) is 11.1 Å². The quantitative estimate of drug-likeness (QED) is 0.143. The zero-order valence-electron chi connectivity index (χ0n) is 21.4. The predicted molar refractivity (Wildman–Crippen MR) is 158 cm³/mol. The molecule has 0 spiro atoms. The lowest BCUT2D eigenvalue weighted by Crippen LogP contribution is -2.35. The highest BCUT2D eigenvalue weighted by molar-refractivity contribution is 9.11. The van der Waals surface area contributed by atoms with Gasteiger partial charge in [-0.25, -0.2) is 4.79 Å². The number of carbonyl (C=O) groups excluding carboxylic acids is 3. The first-order chi connectivity index (χ1) is 18.5. The lowest BCUT2D eigenvalue weighted by Gasteiger charge is -2.34. The number of aromatic hydroxyl groups is 1. The number of phenols is 1. The Kier molecular flexibility index (Phi) is 10.3. The molecule has 8 nitrogen and oxygen atoms in total. The minimum atomic E-state index is -0.951. The largest absolute Gasteiger partial charge is 0.506 e. The van der Waals surface area contributed by atoms with Gasteiger partial charge < -0.3 is 20.9 Å². The monoisotopic (exact) mass is 657 g/mol. The summed E-state index contributed by atoms with van der Waals surface area (Å²) in [6, 6.07) is 18.6. The maximum Gasteiger partial charge on any atom is 0.414 e. The molecule has 10 heteroatoms. The fourth-order valence-electron chi connectivity index (χ4n) is 3.88. The zero-order valence-corrected chi connectivity index (χ0v) is 24.6. The van der Waals surface area contributed by atoms with Crippen LogP contribution < -0.4 is 16.4 Å². The molecule has 0 aliphatic carbocycles. The molecule has 3 amide bonds. The van der Waals surface area contributed by atoms with Gasteiger partial charge in [0.15, 0.2) is 0 Å². The van der Waals surface area contributed by atoms with Crippen LogP contribution in [0.15, 0.2) is 87.8 Å². The molecule has 0 aliphatic heterocycles. The number of hydrogen-bond donors (Lipinski definition) is 4. The Balaban J connectivity index is 1.75. The Hall–Kier alpha value is -3.63. The first-order valence-corrected chi connectivity index (χ1v) is 13.6. The summed E-state index contributed by atoms with van der Waals surface area (Å²) in [4.78, 5) is 37.6. The molecule has 0 bridgehead atoms. The van der Waals surface area contributed by atoms with Crippen molar-refractivity contribution in [1.29, 1.82) is 0 Å². The highest BCUT2D eigenvalue weighted by Gasteiger charge is 2.36. The average molecular weight is 659 g/mol. The number of nitrogen functional groups attached to an aromatic ring is 1. The Morgan fingerprint density at radius 2 is 1.72 bits per heavy atom. The number of amides is 3. The average Bonchev–Trinajstić information content (AvgIpc) is 2.89. The molecule has 0 fully saturated rings. The van der Waals surface area contributed by atoms with E-state index in [0.29, 0.717) is 44.3 Å². The number of allylic oxidation sites excluding steroid dienone is 1. The van der Waals surface area contributed by atoms with Gasteiger partial charge in [0, 0.05) is 21.0 Å². The molecule has 0 aromatic heterocycles. The maximum absolute atomic E-state index is 12.8. The van der Waals surface area contributed by atoms with E-state index in [1.807, 2.05) is 13.8 Å². The molecule has 3 rings (SSSR count). The highest BCUT2D eigenvalue weighted by Crippen LogP contribution is 2.46. The van der Waals surface area contributed by atoms with Crippen molar-refractivity contribution in [1.82, 2.24) is 5.32 Å². The summed E-state index contributed by atoms with van der Waals surface area (Å²) in [6.07, 6.45) is 2.16. The number of phenolic OH excluding ortho intramolecular Hbond substituents is 1. The van der Waals surface area contributed by atoms with Crippen molar-refractivity contribution in [3.8, 4) is 5.75 Å². The van der Waals surface area contributed by atoms with Gasteiger partial charge in [0.2, 0.25) is 5.91 Å². The number of anilines is 2. The molecule has 204 valence electrons. The Morgan fingerprint density at radius 3 is 2.41 bits per heavy atom. The summed E-state index contributed by atoms with van der Waals surface area (Å²) in [5.41, 5.74) is 6.79. The lowest BCUT2D eigenvalue weighted by atomic mass is 9.78. The number of para-hydroxylation sites is 2. The number of imide groups is 1. The van der Waals surface area contributed by atoms with Crippen LogP contribution in [0.2, 0.25) is 0 Å². The minimum absolute atomic E-state index is 0.0890. The summed E-state index contributed by atoms with van der Waals surface area (Å²) in [5, 5.41) is 15.8. The van der Waals surface area contributed by atoms with E-state index in [9.17, 15) is 19.5 Å². The Labute approximate surface area is 243 Å². The first-order valence-electron chi connectivity index (χ1n) is 12.0. The second-order valence-electron chi connectivity index (χ2n) is 9.44. The van der Waals surface area contributed by atoms with Crippen LogP contribution in [0.5, 0.6) is 5.75 Å². The van der Waals surface area contributed by atoms with Crippen molar-refractivity contribution in [3.05, 3.63) is 99.0 Å². The molecule has 0 saturated carbocycles. The number of carbonyl (C=O) groups is 3. The van der Waals surface area contributed by atoms with Crippen LogP contribution in [0.3, 0.4) is 0 Å². The van der Waals surface area contributed by atoms with E-state index in [2.05, 4.69) is 42.5 Å². The number of ether oxygens (including phenoxy) is 1. The second kappa shape index (κ2) is 13.4. The van der Waals surface area contributed by atoms with Crippen LogP contribution in [-0.2, 0) is 9.53 Å². The van der Waals surface area contributed by atoms with Crippen LogP contribution >= 0.6 is 31.9 Å². The van der Waals surface area contributed by atoms with Crippen molar-refractivity contribution in [2.24, 2.45) is 5.41 Å². The van der Waals surface area contributed by atoms with Gasteiger partial charge in [0.25, 0.3) is 5.91 Å². The third-order valence-electron chi connectivity index (χ3n) is 5.97. The molecule has 3 aromatic rings. The van der Waals surface area contributed by atoms with Gasteiger partial charge in [-0.3, -0.25) is 14.9 Å². The van der Waals surface area contributed by atoms with E-state index in [1.165, 1.54) is 6.08 Å². The fraction of sp³-hybridized carbons (Fsp3) is 0.207. The predicted octanol–water partition coefficient (Wildman–Crippen LogP) is 7.11. The molecule has 0 radical (unpaired) electrons. The molecule has 0 unspecified atom stereocenters. The van der Waals surface area contributed by atoms with Crippen LogP contribution in [-0.4, -0.2) is 23.0 Å². The van der Waals surface area contributed by atoms with E-state index in [0.717, 1.165) is 0 Å². The van der Waals surface area contributed by atoms with E-state index < -0.39 is 23.5 Å². The number of nitrogens with one attached hydrogen (secondary N) is 2. The zero-order chi connectivity index (χ0) is 28.6. The fourth-order valence-corrected chi connectivity index (χ4v) is 5.14. The van der Waals surface area contributed by atoms with Gasteiger partial charge in [-0.15, -0.1) is 0 Å². The summed E-state index contributed by atoms with van der Waals surface area (Å²) in [5.74, 6) is -1.02. The summed E-state index contributed by atoms with van der Waals surface area (Å²) >= 11 is 6.74. The molecule has 39 heavy (non-hydrogen) atoms. The van der Waals surface area contributed by atoms with Gasteiger partial charge in [-0.2, -0.15) is 0 Å². The lowest BCUT2D eigenvalue weighted by molar-refractivity contribution is -0.111. The summed E-state index contributed by atoms with van der Waals surface area (Å²) in [7, 11) is 0. The van der Waals surface area contributed by atoms with E-state index in [-0.39, 0.29) is 11.7 Å². The Bertz CT molecular complexity index is 1380. The number of rotatable bonds is 9. The molecule has 0 saturated heterocycles. The number of benzene rings is 3. The molecule has 5 N–H and O–H groups in total. The van der Waals surface area contributed by atoms with Crippen LogP contribution in [0.4, 0.5) is 16.2 Å². The third kappa shape index (κ3) is 8.43. The molecule has 1 atom stereocenters. The van der Waals surface area contributed by atoms with E-state index in [4.69, 9.17) is 10.5 Å². The maximum atomic E-state index is 12.8. The topological polar surface area (TPSA) is 131 Å². The smallest absolute Gasteiger partial charge is 0.414 e. The van der Waals surface area contributed by atoms with Crippen LogP contribution in [0, 0.1) is 5.41 Å². The first kappa shape index (κ1) is 29.9. The highest BCUT2D eigenvalue weighted by atomic mass is 79.9. The molecule has 3 aromatic carbocycles. The number of hydrogen-bond acceptors (Lipinski definition) is 6. The van der Waals surface area contributed by atoms with Crippen molar-refractivity contribution < 1.29 is 24.2 Å². The van der Waals surface area contributed by atoms with Crippen molar-refractivity contribution >= 4 is 61.1 Å². The molecule has 0 aliphatic rings. The Morgan fingerprint density at radius 1 is 1.05 bits per heavy atom. The number of alkyl carbamates (subject to hydrolysis) is 1. The van der Waals surface area contributed by atoms with Crippen LogP contribution in [0.25, 0.3) is 0 Å². The minimum Gasteiger partial charge on any atom is -0.506 e. The van der Waals surface area contributed by atoms with Gasteiger partial charge in [0.1, 0.15) is 11.9 Å². The van der Waals surface area contributed by atoms with Gasteiger partial charge in [-0.1, -0.05) is 66.2 Å². The standard InChI is InChI=1S/C29H29Br2N3O5/c1-29(2,15-9-8-14-24(35)33-23-13-7-6-12-22(23)32)26(20-16-19(30)17-21(31)25(20)36)39-28(38)34-27(37)18-10-4-3-5-11-18/h3-8,10-14,16-17,26,36H,9,15,32H2,1-2H3,(H,33,35)(H,34,37,38)/b14-8+/t26-/m1/s1. The van der Waals surface area contributed by atoms with E-state index >= 15 is 0 Å². The molecular weight excluding hydrogens is 630 g/mol. The number of halogens is 2. The van der Waals surface area contributed by atoms with Gasteiger partial charge >= 0.3 is 6.09 Å². The van der Waals surface area contributed by atoms with Crippen molar-refractivity contribution in [3.63, 3.8) is 0 Å². The normalized spacial score (nSPS) is 12.1. The third-order valence-corrected chi connectivity index (χ3v) is 7.03.